The van der Waals surface area contributed by atoms with E-state index in [-0.39, 0.29) is 11.4 Å². The molecule has 132 valence electrons. The van der Waals surface area contributed by atoms with E-state index in [9.17, 15) is 5.26 Å². The maximum atomic E-state index is 9.50. The summed E-state index contributed by atoms with van der Waals surface area (Å²) in [6.07, 6.45) is 1.36. The molecule has 0 fully saturated rings. The molecule has 6 heteroatoms. The molecule has 2 aromatic carbocycles. The molecule has 1 aromatic heterocycles. The van der Waals surface area contributed by atoms with Crippen LogP contribution in [0.5, 0.6) is 5.75 Å². The second-order valence-electron chi connectivity index (χ2n) is 6.10. The Hall–Kier alpha value is -3.85. The van der Waals surface area contributed by atoms with Crippen molar-refractivity contribution in [2.45, 2.75) is 0 Å². The highest BCUT2D eigenvalue weighted by Crippen LogP contribution is 2.39. The molecular weight excluding hydrogens is 338 g/mol. The maximum absolute atomic E-state index is 9.50. The molecule has 4 rings (SSSR count). The Balaban J connectivity index is 1.95. The van der Waals surface area contributed by atoms with Gasteiger partial charge in [-0.2, -0.15) is 5.26 Å². The lowest BCUT2D eigenvalue weighted by atomic mass is 9.93. The lowest BCUT2D eigenvalue weighted by molar-refractivity contribution is 0.343. The zero-order valence-corrected chi connectivity index (χ0v) is 14.8. The minimum atomic E-state index is 0.160. The van der Waals surface area contributed by atoms with Gasteiger partial charge >= 0.3 is 0 Å². The molecule has 0 radical (unpaired) electrons. The summed E-state index contributed by atoms with van der Waals surface area (Å²) in [6.45, 7) is 0.354. The molecule has 1 aliphatic heterocycles. The van der Waals surface area contributed by atoms with E-state index in [0.717, 1.165) is 28.1 Å². The summed E-state index contributed by atoms with van der Waals surface area (Å²) in [5.74, 6) is 1.45. The van der Waals surface area contributed by atoms with Crippen molar-refractivity contribution in [3.63, 3.8) is 0 Å². The van der Waals surface area contributed by atoms with Crippen LogP contribution in [0.4, 0.5) is 11.6 Å². The molecule has 1 aliphatic rings. The topological polar surface area (TPSA) is 88.1 Å². The quantitative estimate of drug-likeness (QED) is 0.776. The Morgan fingerprint density at radius 2 is 1.81 bits per heavy atom. The Kier molecular flexibility index (Phi) is 4.19. The lowest BCUT2D eigenvalue weighted by Crippen LogP contribution is -2.28. The van der Waals surface area contributed by atoms with Gasteiger partial charge < -0.3 is 15.4 Å². The van der Waals surface area contributed by atoms with Crippen LogP contribution in [0, 0.1) is 11.3 Å². The van der Waals surface area contributed by atoms with Gasteiger partial charge in [0.05, 0.1) is 5.70 Å². The molecule has 0 atom stereocenters. The monoisotopic (exact) mass is 355 g/mol. The number of para-hydroxylation sites is 1. The number of benzene rings is 2. The summed E-state index contributed by atoms with van der Waals surface area (Å²) in [7, 11) is 1.86. The number of aromatic nitrogens is 2. The van der Waals surface area contributed by atoms with Crippen molar-refractivity contribution in [1.29, 1.82) is 5.26 Å². The highest BCUT2D eigenvalue weighted by molar-refractivity contribution is 5.88. The van der Waals surface area contributed by atoms with Gasteiger partial charge in [0.25, 0.3) is 0 Å². The average Bonchev–Trinajstić information content (AvgIpc) is 2.72. The first-order valence-corrected chi connectivity index (χ1v) is 8.45. The number of hydrogen-bond acceptors (Lipinski definition) is 6. The fraction of sp³-hybridized carbons (Fsp3) is 0.0952. The minimum absolute atomic E-state index is 0.160. The standard InChI is InChI=1S/C21H17N5O/c1-26(21-16(11-22)20(23)24-13-25-21)17-12-27-18-10-6-5-9-15(18)19(17)14-7-3-2-4-8-14/h2-10,13H,12H2,1H3,(H2,23,24,25). The van der Waals surface area contributed by atoms with Crippen molar-refractivity contribution in [1.82, 2.24) is 9.97 Å². The number of fused-ring (bicyclic) bond motifs is 1. The van der Waals surface area contributed by atoms with E-state index in [1.54, 1.807) is 0 Å². The fourth-order valence-corrected chi connectivity index (χ4v) is 3.24. The average molecular weight is 355 g/mol. The minimum Gasteiger partial charge on any atom is -0.487 e. The van der Waals surface area contributed by atoms with Crippen molar-refractivity contribution in [2.75, 3.05) is 24.3 Å². The third kappa shape index (κ3) is 2.85. The zero-order valence-electron chi connectivity index (χ0n) is 14.8. The van der Waals surface area contributed by atoms with Gasteiger partial charge in [-0.3, -0.25) is 0 Å². The SMILES string of the molecule is CN(C1=C(c2ccccc2)c2ccccc2OC1)c1ncnc(N)c1C#N. The lowest BCUT2D eigenvalue weighted by Gasteiger charge is -2.30. The van der Waals surface area contributed by atoms with Gasteiger partial charge in [-0.25, -0.2) is 9.97 Å². The normalized spacial score (nSPS) is 12.7. The number of rotatable bonds is 3. The van der Waals surface area contributed by atoms with E-state index < -0.39 is 0 Å². The van der Waals surface area contributed by atoms with Crippen LogP contribution in [-0.4, -0.2) is 23.6 Å². The summed E-state index contributed by atoms with van der Waals surface area (Å²) >= 11 is 0. The van der Waals surface area contributed by atoms with E-state index >= 15 is 0 Å². The van der Waals surface area contributed by atoms with Crippen molar-refractivity contribution in [2.24, 2.45) is 0 Å². The molecule has 2 N–H and O–H groups in total. The second kappa shape index (κ2) is 6.81. The fourth-order valence-electron chi connectivity index (χ4n) is 3.24. The molecule has 0 saturated heterocycles. The first kappa shape index (κ1) is 16.6. The smallest absolute Gasteiger partial charge is 0.156 e. The van der Waals surface area contributed by atoms with Gasteiger partial charge in [-0.15, -0.1) is 0 Å². The zero-order chi connectivity index (χ0) is 18.8. The van der Waals surface area contributed by atoms with E-state index in [1.807, 2.05) is 54.4 Å². The number of nitrogen functional groups attached to an aromatic ring is 1. The van der Waals surface area contributed by atoms with Gasteiger partial charge in [-0.05, 0) is 11.6 Å². The second-order valence-corrected chi connectivity index (χ2v) is 6.10. The highest BCUT2D eigenvalue weighted by atomic mass is 16.5. The third-order valence-corrected chi connectivity index (χ3v) is 4.56. The van der Waals surface area contributed by atoms with Crippen molar-refractivity contribution >= 4 is 17.2 Å². The van der Waals surface area contributed by atoms with Gasteiger partial charge in [0.2, 0.25) is 0 Å². The number of likely N-dealkylation sites (N-methyl/N-ethyl adjacent to an activating group) is 1. The first-order chi connectivity index (χ1) is 13.2. The maximum Gasteiger partial charge on any atom is 0.156 e. The van der Waals surface area contributed by atoms with E-state index in [0.29, 0.717) is 12.4 Å². The van der Waals surface area contributed by atoms with Gasteiger partial charge in [0.15, 0.2) is 5.82 Å². The van der Waals surface area contributed by atoms with Crippen LogP contribution >= 0.6 is 0 Å². The molecule has 0 amide bonds. The summed E-state index contributed by atoms with van der Waals surface area (Å²) < 4.78 is 5.98. The van der Waals surface area contributed by atoms with Gasteiger partial charge in [0.1, 0.15) is 36.1 Å². The van der Waals surface area contributed by atoms with Crippen molar-refractivity contribution in [3.05, 3.63) is 83.3 Å². The molecule has 0 bridgehead atoms. The highest BCUT2D eigenvalue weighted by Gasteiger charge is 2.26. The number of nitrogens with two attached hydrogens (primary N) is 1. The summed E-state index contributed by atoms with van der Waals surface area (Å²) in [4.78, 5) is 10.1. The summed E-state index contributed by atoms with van der Waals surface area (Å²) in [5.41, 5.74) is 10.1. The molecule has 0 aliphatic carbocycles. The predicted molar refractivity (Wildman–Crippen MR) is 104 cm³/mol. The van der Waals surface area contributed by atoms with Crippen molar-refractivity contribution < 1.29 is 4.74 Å². The third-order valence-electron chi connectivity index (χ3n) is 4.56. The van der Waals surface area contributed by atoms with E-state index in [2.05, 4.69) is 28.2 Å². The molecule has 27 heavy (non-hydrogen) atoms. The van der Waals surface area contributed by atoms with Crippen LogP contribution in [0.15, 0.2) is 66.6 Å². The van der Waals surface area contributed by atoms with Crippen LogP contribution in [0.2, 0.25) is 0 Å². The largest absolute Gasteiger partial charge is 0.487 e. The molecular formula is C21H17N5O. The van der Waals surface area contributed by atoms with Crippen LogP contribution in [-0.2, 0) is 0 Å². The molecule has 0 spiro atoms. The molecule has 0 unspecified atom stereocenters. The van der Waals surface area contributed by atoms with E-state index in [4.69, 9.17) is 10.5 Å². The number of hydrogen-bond donors (Lipinski definition) is 1. The van der Waals surface area contributed by atoms with Gasteiger partial charge in [-0.1, -0.05) is 48.5 Å². The summed E-state index contributed by atoms with van der Waals surface area (Å²) in [5, 5.41) is 9.50. The van der Waals surface area contributed by atoms with Crippen molar-refractivity contribution in [3.8, 4) is 11.8 Å². The van der Waals surface area contributed by atoms with Gasteiger partial charge in [0, 0.05) is 18.2 Å². The van der Waals surface area contributed by atoms with Crippen LogP contribution in [0.1, 0.15) is 16.7 Å². The Morgan fingerprint density at radius 3 is 2.59 bits per heavy atom. The number of nitrogens with zero attached hydrogens (tertiary/aromatic N) is 4. The summed E-state index contributed by atoms with van der Waals surface area (Å²) in [6, 6.07) is 20.1. The Morgan fingerprint density at radius 1 is 1.07 bits per heavy atom. The van der Waals surface area contributed by atoms with Crippen LogP contribution in [0.3, 0.4) is 0 Å². The molecule has 6 nitrogen and oxygen atoms in total. The first-order valence-electron chi connectivity index (χ1n) is 8.45. The molecule has 2 heterocycles. The predicted octanol–water partition coefficient (Wildman–Crippen LogP) is 3.22. The van der Waals surface area contributed by atoms with Crippen LogP contribution < -0.4 is 15.4 Å². The Bertz CT molecular complexity index is 1070. The molecule has 0 saturated carbocycles. The molecule has 3 aromatic rings. The number of nitriles is 1. The van der Waals surface area contributed by atoms with E-state index in [1.165, 1.54) is 6.33 Å². The Labute approximate surface area is 157 Å². The van der Waals surface area contributed by atoms with Crippen LogP contribution in [0.25, 0.3) is 5.57 Å². The number of anilines is 2. The number of ether oxygens (including phenoxy) is 1.